The van der Waals surface area contributed by atoms with Crippen LogP contribution in [0.3, 0.4) is 0 Å². The Kier molecular flexibility index (Phi) is 10.4. The van der Waals surface area contributed by atoms with Crippen LogP contribution in [0.15, 0.2) is 297 Å². The second-order valence-corrected chi connectivity index (χ2v) is 24.3. The van der Waals surface area contributed by atoms with E-state index in [1.807, 2.05) is 0 Å². The number of fused-ring (bicyclic) bond motifs is 3. The molecule has 1 heterocycles. The van der Waals surface area contributed by atoms with Crippen LogP contribution in [0.4, 0.5) is 0 Å². The molecule has 3 aliphatic rings. The molecule has 2 unspecified atom stereocenters. The summed E-state index contributed by atoms with van der Waals surface area (Å²) in [6, 6.07) is 112. The summed E-state index contributed by atoms with van der Waals surface area (Å²) in [6.45, 7) is 0. The summed E-state index contributed by atoms with van der Waals surface area (Å²) in [5, 5.41) is 8.09. The zero-order valence-corrected chi connectivity index (χ0v) is 42.9. The Morgan fingerprint density at radius 3 is 1.36 bits per heavy atom. The van der Waals surface area contributed by atoms with Crippen molar-refractivity contribution in [3.05, 3.63) is 331 Å². The lowest BCUT2D eigenvalue weighted by Gasteiger charge is -2.47. The van der Waals surface area contributed by atoms with Crippen molar-refractivity contribution in [1.29, 1.82) is 0 Å². The minimum atomic E-state index is -3.06. The minimum Gasteiger partial charge on any atom is -0.309 e. The number of para-hydroxylation sites is 1. The number of hydrogen-bond acceptors (Lipinski definition) is 0. The number of benzene rings is 12. The average Bonchev–Trinajstić information content (AvgIpc) is 4.00. The van der Waals surface area contributed by atoms with Gasteiger partial charge in [0, 0.05) is 22.6 Å². The first-order valence-corrected chi connectivity index (χ1v) is 28.7. The third-order valence-corrected chi connectivity index (χ3v) is 21.6. The predicted octanol–water partition coefficient (Wildman–Crippen LogP) is 15.8. The Labute approximate surface area is 445 Å². The zero-order chi connectivity index (χ0) is 50.2. The summed E-state index contributed by atoms with van der Waals surface area (Å²) >= 11 is 0. The fourth-order valence-electron chi connectivity index (χ4n) is 13.7. The van der Waals surface area contributed by atoms with Crippen LogP contribution in [0.1, 0.15) is 45.2 Å². The van der Waals surface area contributed by atoms with Crippen LogP contribution in [0.2, 0.25) is 0 Å². The van der Waals surface area contributed by atoms with Gasteiger partial charge in [-0.3, -0.25) is 0 Å². The van der Waals surface area contributed by atoms with Crippen molar-refractivity contribution in [2.24, 2.45) is 0 Å². The number of nitrogens with zero attached hydrogens (tertiary/aromatic N) is 1. The van der Waals surface area contributed by atoms with E-state index in [1.165, 1.54) is 126 Å². The van der Waals surface area contributed by atoms with Crippen molar-refractivity contribution in [3.8, 4) is 50.2 Å². The molecule has 2 heteroatoms. The van der Waals surface area contributed by atoms with Gasteiger partial charge in [-0.05, 0) is 123 Å². The van der Waals surface area contributed by atoms with Gasteiger partial charge in [-0.2, -0.15) is 0 Å². The van der Waals surface area contributed by atoms with Crippen LogP contribution in [-0.2, 0) is 0 Å². The molecule has 1 nitrogen and oxygen atoms in total. The van der Waals surface area contributed by atoms with Gasteiger partial charge in [0.05, 0.1) is 16.7 Å². The fraction of sp³-hybridized carbons (Fsp3) is 0.0270. The van der Waals surface area contributed by atoms with E-state index in [4.69, 9.17) is 0 Å². The fourth-order valence-corrected chi connectivity index (χ4v) is 18.7. The summed E-state index contributed by atoms with van der Waals surface area (Å²) in [4.78, 5) is 0. The average molecular weight is 982 g/mol. The zero-order valence-electron chi connectivity index (χ0n) is 41.9. The Morgan fingerprint density at radius 2 is 0.724 bits per heavy atom. The largest absolute Gasteiger partial charge is 0.309 e. The number of rotatable bonds is 9. The molecule has 1 aromatic heterocycles. The molecule has 3 aliphatic carbocycles. The van der Waals surface area contributed by atoms with E-state index >= 15 is 0 Å². The molecule has 0 saturated carbocycles. The maximum absolute atomic E-state index is 3.06. The van der Waals surface area contributed by atoms with Crippen LogP contribution in [0.25, 0.3) is 72.0 Å². The van der Waals surface area contributed by atoms with E-state index in [1.54, 1.807) is 0 Å². The second kappa shape index (κ2) is 18.0. The van der Waals surface area contributed by atoms with Crippen LogP contribution in [0, 0.1) is 0 Å². The Hall–Kier alpha value is -9.34. The van der Waals surface area contributed by atoms with Crippen molar-refractivity contribution in [2.75, 3.05) is 0 Å². The van der Waals surface area contributed by atoms with Gasteiger partial charge in [0.15, 0.2) is 8.07 Å². The molecule has 0 amide bonds. The molecule has 16 rings (SSSR count). The summed E-state index contributed by atoms with van der Waals surface area (Å²) < 4.78 is 2.60. The van der Waals surface area contributed by atoms with Crippen LogP contribution >= 0.6 is 0 Å². The molecule has 0 fully saturated rings. The van der Waals surface area contributed by atoms with Gasteiger partial charge in [-0.15, -0.1) is 0 Å². The predicted molar refractivity (Wildman–Crippen MR) is 321 cm³/mol. The van der Waals surface area contributed by atoms with E-state index < -0.39 is 8.07 Å². The molecule has 0 spiro atoms. The van der Waals surface area contributed by atoms with Crippen molar-refractivity contribution in [1.82, 2.24) is 4.57 Å². The normalized spacial score (nSPS) is 14.3. The standard InChI is InChI=1S/C74H51NSi/c1-6-23-50(24-7-1)51-43-46-57(47-44-51)76(55-29-12-4-13-30-55,56-31-14-5-15-32-56)69-42-22-39-64-71-61-34-16-17-35-62(61)74(73(64)69)72-63(71)38-21-41-68(72)75-66-40-19-18-33-60(66)65-49-54(45-48-67(65)75)70-58(52-25-8-2-9-26-52)36-20-37-59(70)53-27-10-3-11-28-53/h1-49,71,74H. The van der Waals surface area contributed by atoms with Gasteiger partial charge in [-0.25, -0.2) is 0 Å². The molecule has 0 aliphatic heterocycles. The van der Waals surface area contributed by atoms with Crippen molar-refractivity contribution < 1.29 is 0 Å². The summed E-state index contributed by atoms with van der Waals surface area (Å²) in [6.07, 6.45) is 0. The van der Waals surface area contributed by atoms with E-state index in [2.05, 4.69) is 302 Å². The molecular formula is C74H51NSi. The molecule has 12 aromatic carbocycles. The minimum absolute atomic E-state index is 0.0249. The van der Waals surface area contributed by atoms with Crippen LogP contribution in [-0.4, -0.2) is 12.6 Å². The van der Waals surface area contributed by atoms with Crippen molar-refractivity contribution in [3.63, 3.8) is 0 Å². The van der Waals surface area contributed by atoms with Gasteiger partial charge < -0.3 is 4.57 Å². The monoisotopic (exact) mass is 981 g/mol. The Morgan fingerprint density at radius 1 is 0.276 bits per heavy atom. The molecule has 0 N–H and O–H groups in total. The molecule has 2 atom stereocenters. The molecule has 0 radical (unpaired) electrons. The maximum atomic E-state index is 2.60. The molecular weight excluding hydrogens is 931 g/mol. The highest BCUT2D eigenvalue weighted by atomic mass is 28.3. The second-order valence-electron chi connectivity index (χ2n) is 20.6. The number of hydrogen-bond donors (Lipinski definition) is 0. The molecule has 13 aromatic rings. The summed E-state index contributed by atoms with van der Waals surface area (Å²) in [5.74, 6) is 0.0403. The highest BCUT2D eigenvalue weighted by molar-refractivity contribution is 7.20. The van der Waals surface area contributed by atoms with Crippen molar-refractivity contribution in [2.45, 2.75) is 11.8 Å². The van der Waals surface area contributed by atoms with Gasteiger partial charge in [0.1, 0.15) is 0 Å². The van der Waals surface area contributed by atoms with E-state index in [-0.39, 0.29) is 11.8 Å². The lowest BCUT2D eigenvalue weighted by Crippen LogP contribution is -2.75. The highest BCUT2D eigenvalue weighted by Crippen LogP contribution is 2.57. The van der Waals surface area contributed by atoms with Gasteiger partial charge in [0.2, 0.25) is 0 Å². The van der Waals surface area contributed by atoms with E-state index in [0.29, 0.717) is 0 Å². The Bertz CT molecular complexity index is 4220. The van der Waals surface area contributed by atoms with Crippen molar-refractivity contribution >= 4 is 50.6 Å². The molecule has 0 saturated heterocycles. The first-order chi connectivity index (χ1) is 37.8. The molecule has 2 bridgehead atoms. The quantitative estimate of drug-likeness (QED) is 0.100. The van der Waals surface area contributed by atoms with Gasteiger partial charge in [-0.1, -0.05) is 273 Å². The molecule has 76 heavy (non-hydrogen) atoms. The SMILES string of the molecule is c1ccc(-c2ccc([Si](c3ccccc3)(c3ccccc3)c3cccc4c3C3c5ccccc5C4c4cccc(-n5c6ccccc6c6cc(-c7c(-c8ccccc8)cccc7-c7ccccc7)ccc65)c43)cc2)cc1. The topological polar surface area (TPSA) is 4.93 Å². The maximum Gasteiger partial charge on any atom is 0.179 e. The van der Waals surface area contributed by atoms with Crippen LogP contribution in [0.5, 0.6) is 0 Å². The number of aromatic nitrogens is 1. The third-order valence-electron chi connectivity index (χ3n) is 16.8. The van der Waals surface area contributed by atoms with Gasteiger partial charge in [0.25, 0.3) is 0 Å². The highest BCUT2D eigenvalue weighted by Gasteiger charge is 2.50. The van der Waals surface area contributed by atoms with Crippen LogP contribution < -0.4 is 20.7 Å². The summed E-state index contributed by atoms with van der Waals surface area (Å²) in [7, 11) is -3.06. The first kappa shape index (κ1) is 44.2. The third kappa shape index (κ3) is 6.71. The lowest BCUT2D eigenvalue weighted by molar-refractivity contribution is 0.752. The summed E-state index contributed by atoms with van der Waals surface area (Å²) in [5.41, 5.74) is 21.9. The smallest absolute Gasteiger partial charge is 0.179 e. The van der Waals surface area contributed by atoms with E-state index in [0.717, 1.165) is 0 Å². The molecule has 356 valence electrons. The Balaban J connectivity index is 0.986. The lowest BCUT2D eigenvalue weighted by atomic mass is 9.60. The first-order valence-electron chi connectivity index (χ1n) is 26.7. The van der Waals surface area contributed by atoms with Gasteiger partial charge >= 0.3 is 0 Å². The van der Waals surface area contributed by atoms with E-state index in [9.17, 15) is 0 Å².